The van der Waals surface area contributed by atoms with Crippen LogP contribution in [0.25, 0.3) is 0 Å². The number of likely N-dealkylation sites (tertiary alicyclic amines) is 1. The lowest BCUT2D eigenvalue weighted by molar-refractivity contribution is -0.131. The molecule has 1 saturated heterocycles. The summed E-state index contributed by atoms with van der Waals surface area (Å²) in [5.41, 5.74) is 6.53. The number of hydrogen-bond donors (Lipinski definition) is 1. The summed E-state index contributed by atoms with van der Waals surface area (Å²) in [4.78, 5) is 13.8. The van der Waals surface area contributed by atoms with Crippen LogP contribution in [0.2, 0.25) is 0 Å². The second-order valence-electron chi connectivity index (χ2n) is 4.67. The van der Waals surface area contributed by atoms with Crippen molar-refractivity contribution in [1.82, 2.24) is 4.90 Å². The third-order valence-corrected chi connectivity index (χ3v) is 3.79. The zero-order valence-electron chi connectivity index (χ0n) is 10.4. The smallest absolute Gasteiger partial charge is 0.227 e. The van der Waals surface area contributed by atoms with Gasteiger partial charge in [-0.15, -0.1) is 12.4 Å². The predicted octanol–water partition coefficient (Wildman–Crippen LogP) is 2.50. The molecule has 2 rings (SSSR count). The summed E-state index contributed by atoms with van der Waals surface area (Å²) in [6, 6.07) is 4.85. The summed E-state index contributed by atoms with van der Waals surface area (Å²) >= 11 is 3.09. The number of nitrogens with two attached hydrogens (primary N) is 1. The van der Waals surface area contributed by atoms with Crippen molar-refractivity contribution in [3.8, 4) is 0 Å². The standard InChI is InChI=1S/C13H16BrFN2O.ClH/c14-11-4-3-9(6-12(11)15)7-13(18)17-5-1-2-10(16)8-17;/h3-4,6,10H,1-2,5,7-8,16H2;1H/t10-;/m1./s1. The van der Waals surface area contributed by atoms with Gasteiger partial charge in [0.05, 0.1) is 10.9 Å². The van der Waals surface area contributed by atoms with Crippen molar-refractivity contribution in [3.05, 3.63) is 34.1 Å². The Morgan fingerprint density at radius 1 is 1.53 bits per heavy atom. The molecule has 3 nitrogen and oxygen atoms in total. The van der Waals surface area contributed by atoms with Crippen molar-refractivity contribution in [3.63, 3.8) is 0 Å². The Balaban J connectivity index is 0.00000180. The van der Waals surface area contributed by atoms with Crippen molar-refractivity contribution < 1.29 is 9.18 Å². The Kier molecular flexibility index (Phi) is 6.23. The second kappa shape index (κ2) is 7.22. The fraction of sp³-hybridized carbons (Fsp3) is 0.462. The van der Waals surface area contributed by atoms with Crippen LogP contribution >= 0.6 is 28.3 Å². The van der Waals surface area contributed by atoms with Gasteiger partial charge < -0.3 is 10.6 Å². The lowest BCUT2D eigenvalue weighted by Crippen LogP contribution is -2.46. The Labute approximate surface area is 126 Å². The van der Waals surface area contributed by atoms with Gasteiger partial charge in [-0.25, -0.2) is 4.39 Å². The van der Waals surface area contributed by atoms with E-state index in [1.165, 1.54) is 6.07 Å². The van der Waals surface area contributed by atoms with Crippen LogP contribution in [0.4, 0.5) is 4.39 Å². The maximum atomic E-state index is 13.3. The zero-order chi connectivity index (χ0) is 13.1. The van der Waals surface area contributed by atoms with E-state index < -0.39 is 0 Å². The molecule has 19 heavy (non-hydrogen) atoms. The van der Waals surface area contributed by atoms with Crippen molar-refractivity contribution in [1.29, 1.82) is 0 Å². The average molecular weight is 352 g/mol. The highest BCUT2D eigenvalue weighted by atomic mass is 79.9. The molecule has 0 saturated carbocycles. The third-order valence-electron chi connectivity index (χ3n) is 3.15. The van der Waals surface area contributed by atoms with Gasteiger partial charge in [0.1, 0.15) is 5.82 Å². The first-order valence-electron chi connectivity index (χ1n) is 6.03. The molecule has 1 heterocycles. The maximum Gasteiger partial charge on any atom is 0.227 e. The number of benzene rings is 1. The van der Waals surface area contributed by atoms with Crippen LogP contribution in [0.1, 0.15) is 18.4 Å². The second-order valence-corrected chi connectivity index (χ2v) is 5.52. The first kappa shape index (κ1) is 16.4. The van der Waals surface area contributed by atoms with Crippen molar-refractivity contribution in [2.45, 2.75) is 25.3 Å². The van der Waals surface area contributed by atoms with E-state index in [0.29, 0.717) is 16.6 Å². The summed E-state index contributed by atoms with van der Waals surface area (Å²) in [6.45, 7) is 1.36. The molecule has 0 unspecified atom stereocenters. The summed E-state index contributed by atoms with van der Waals surface area (Å²) < 4.78 is 13.8. The van der Waals surface area contributed by atoms with Crippen LogP contribution in [-0.4, -0.2) is 29.9 Å². The lowest BCUT2D eigenvalue weighted by Gasteiger charge is -2.30. The van der Waals surface area contributed by atoms with Crippen LogP contribution in [0.5, 0.6) is 0 Å². The van der Waals surface area contributed by atoms with Gasteiger partial charge in [-0.2, -0.15) is 0 Å². The molecule has 0 bridgehead atoms. The van der Waals surface area contributed by atoms with Crippen LogP contribution in [0, 0.1) is 5.82 Å². The van der Waals surface area contributed by atoms with Gasteiger partial charge in [0, 0.05) is 19.1 Å². The van der Waals surface area contributed by atoms with Gasteiger partial charge in [0.15, 0.2) is 0 Å². The molecule has 0 aliphatic carbocycles. The minimum absolute atomic E-state index is 0. The molecule has 0 radical (unpaired) electrons. The summed E-state index contributed by atoms with van der Waals surface area (Å²) in [6.07, 6.45) is 2.15. The fourth-order valence-corrected chi connectivity index (χ4v) is 2.42. The molecule has 1 aromatic rings. The highest BCUT2D eigenvalue weighted by Crippen LogP contribution is 2.17. The topological polar surface area (TPSA) is 46.3 Å². The number of hydrogen-bond acceptors (Lipinski definition) is 2. The Bertz CT molecular complexity index is 458. The molecule has 1 atom stereocenters. The molecule has 106 valence electrons. The molecular weight excluding hydrogens is 335 g/mol. The summed E-state index contributed by atoms with van der Waals surface area (Å²) in [5.74, 6) is -0.317. The molecular formula is C13H17BrClFN2O. The van der Waals surface area contributed by atoms with Crippen molar-refractivity contribution in [2.75, 3.05) is 13.1 Å². The quantitative estimate of drug-likeness (QED) is 0.890. The summed E-state index contributed by atoms with van der Waals surface area (Å²) in [5, 5.41) is 0. The van der Waals surface area contributed by atoms with Gasteiger partial charge in [-0.05, 0) is 46.5 Å². The summed E-state index contributed by atoms with van der Waals surface area (Å²) in [7, 11) is 0. The van der Waals surface area contributed by atoms with Crippen molar-refractivity contribution in [2.24, 2.45) is 5.73 Å². The number of carbonyl (C=O) groups excluding carboxylic acids is 1. The number of carbonyl (C=O) groups is 1. The molecule has 6 heteroatoms. The minimum atomic E-state index is -0.337. The van der Waals surface area contributed by atoms with Gasteiger partial charge in [-0.3, -0.25) is 4.79 Å². The number of halogens is 3. The van der Waals surface area contributed by atoms with Gasteiger partial charge in [0.25, 0.3) is 0 Å². The van der Waals surface area contributed by atoms with E-state index in [9.17, 15) is 9.18 Å². The first-order chi connectivity index (χ1) is 8.56. The SMILES string of the molecule is Cl.N[C@@H]1CCCN(C(=O)Cc2ccc(Br)c(F)c2)C1. The van der Waals surface area contributed by atoms with E-state index in [4.69, 9.17) is 5.73 Å². The molecule has 0 spiro atoms. The van der Waals surface area contributed by atoms with Gasteiger partial charge in [0.2, 0.25) is 5.91 Å². The van der Waals surface area contributed by atoms with E-state index in [-0.39, 0.29) is 36.6 Å². The third kappa shape index (κ3) is 4.44. The van der Waals surface area contributed by atoms with Gasteiger partial charge >= 0.3 is 0 Å². The zero-order valence-corrected chi connectivity index (χ0v) is 12.8. The Hall–Kier alpha value is -0.650. The Morgan fingerprint density at radius 2 is 2.26 bits per heavy atom. The minimum Gasteiger partial charge on any atom is -0.341 e. The van der Waals surface area contributed by atoms with Crippen molar-refractivity contribution >= 4 is 34.2 Å². The largest absolute Gasteiger partial charge is 0.341 e. The predicted molar refractivity (Wildman–Crippen MR) is 78.8 cm³/mol. The molecule has 1 aliphatic heterocycles. The molecule has 2 N–H and O–H groups in total. The van der Waals surface area contributed by atoms with E-state index in [1.54, 1.807) is 17.0 Å². The highest BCUT2D eigenvalue weighted by Gasteiger charge is 2.21. The normalized spacial score (nSPS) is 18.9. The Morgan fingerprint density at radius 3 is 2.89 bits per heavy atom. The monoisotopic (exact) mass is 350 g/mol. The molecule has 1 aromatic carbocycles. The number of piperidine rings is 1. The van der Waals surface area contributed by atoms with E-state index in [1.807, 2.05) is 0 Å². The molecule has 0 aromatic heterocycles. The highest BCUT2D eigenvalue weighted by molar-refractivity contribution is 9.10. The van der Waals surface area contributed by atoms with E-state index in [2.05, 4.69) is 15.9 Å². The van der Waals surface area contributed by atoms with Crippen LogP contribution in [0.3, 0.4) is 0 Å². The molecule has 1 fully saturated rings. The number of rotatable bonds is 2. The molecule has 1 amide bonds. The lowest BCUT2D eigenvalue weighted by atomic mass is 10.1. The van der Waals surface area contributed by atoms with E-state index in [0.717, 1.165) is 19.4 Å². The van der Waals surface area contributed by atoms with E-state index >= 15 is 0 Å². The molecule has 1 aliphatic rings. The first-order valence-corrected chi connectivity index (χ1v) is 6.83. The number of nitrogens with zero attached hydrogens (tertiary/aromatic N) is 1. The maximum absolute atomic E-state index is 13.3. The van der Waals surface area contributed by atoms with Crippen LogP contribution in [-0.2, 0) is 11.2 Å². The fourth-order valence-electron chi connectivity index (χ4n) is 2.17. The van der Waals surface area contributed by atoms with Crippen LogP contribution in [0.15, 0.2) is 22.7 Å². The number of amides is 1. The van der Waals surface area contributed by atoms with Crippen LogP contribution < -0.4 is 5.73 Å². The van der Waals surface area contributed by atoms with Gasteiger partial charge in [-0.1, -0.05) is 6.07 Å². The average Bonchev–Trinajstić information content (AvgIpc) is 2.34.